The van der Waals surface area contributed by atoms with Crippen molar-refractivity contribution in [3.05, 3.63) is 29.6 Å². The highest BCUT2D eigenvalue weighted by molar-refractivity contribution is 5.15. The van der Waals surface area contributed by atoms with Crippen LogP contribution in [-0.2, 0) is 11.4 Å². The minimum absolute atomic E-state index is 0.425. The molecule has 1 rings (SSSR count). The third-order valence-electron chi connectivity index (χ3n) is 1.18. The SMILES string of the molecule is Cc1cncc(CON)c1. The number of nitrogens with zero attached hydrogens (tertiary/aromatic N) is 1. The Bertz CT molecular complexity index is 213. The van der Waals surface area contributed by atoms with Crippen molar-refractivity contribution in [2.45, 2.75) is 13.5 Å². The Morgan fingerprint density at radius 3 is 3.00 bits per heavy atom. The van der Waals surface area contributed by atoms with Crippen LogP contribution in [0, 0.1) is 6.92 Å². The summed E-state index contributed by atoms with van der Waals surface area (Å²) < 4.78 is 0. The normalized spacial score (nSPS) is 9.80. The molecule has 2 N–H and O–H groups in total. The van der Waals surface area contributed by atoms with Crippen molar-refractivity contribution in [2.24, 2.45) is 5.90 Å². The summed E-state index contributed by atoms with van der Waals surface area (Å²) in [6.45, 7) is 2.40. The van der Waals surface area contributed by atoms with Crippen LogP contribution in [0.5, 0.6) is 0 Å². The van der Waals surface area contributed by atoms with Gasteiger partial charge in [-0.1, -0.05) is 6.07 Å². The van der Waals surface area contributed by atoms with Crippen molar-refractivity contribution >= 4 is 0 Å². The molecule has 0 saturated carbocycles. The summed E-state index contributed by atoms with van der Waals surface area (Å²) in [4.78, 5) is 8.41. The molecule has 0 aliphatic rings. The summed E-state index contributed by atoms with van der Waals surface area (Å²) in [5, 5.41) is 0. The fourth-order valence-corrected chi connectivity index (χ4v) is 0.793. The van der Waals surface area contributed by atoms with E-state index in [-0.39, 0.29) is 0 Å². The van der Waals surface area contributed by atoms with Gasteiger partial charge >= 0.3 is 0 Å². The lowest BCUT2D eigenvalue weighted by atomic mass is 10.2. The zero-order valence-electron chi connectivity index (χ0n) is 5.87. The van der Waals surface area contributed by atoms with Gasteiger partial charge in [0.15, 0.2) is 0 Å². The zero-order chi connectivity index (χ0) is 7.40. The molecule has 0 atom stereocenters. The molecular weight excluding hydrogens is 128 g/mol. The van der Waals surface area contributed by atoms with Crippen LogP contribution in [0.4, 0.5) is 0 Å². The lowest BCUT2D eigenvalue weighted by Crippen LogP contribution is -1.99. The van der Waals surface area contributed by atoms with E-state index in [4.69, 9.17) is 5.90 Å². The molecule has 54 valence electrons. The molecule has 0 aliphatic carbocycles. The van der Waals surface area contributed by atoms with E-state index in [9.17, 15) is 0 Å². The maximum Gasteiger partial charge on any atom is 0.0945 e. The summed E-state index contributed by atoms with van der Waals surface area (Å²) in [6.07, 6.45) is 3.53. The molecular formula is C7H10N2O. The highest BCUT2D eigenvalue weighted by Gasteiger charge is 1.90. The molecule has 0 bridgehead atoms. The predicted molar refractivity (Wildman–Crippen MR) is 38.0 cm³/mol. The Morgan fingerprint density at radius 2 is 2.40 bits per heavy atom. The fourth-order valence-electron chi connectivity index (χ4n) is 0.793. The quantitative estimate of drug-likeness (QED) is 0.614. The first kappa shape index (κ1) is 7.18. The Labute approximate surface area is 59.8 Å². The second-order valence-corrected chi connectivity index (χ2v) is 2.18. The van der Waals surface area contributed by atoms with E-state index < -0.39 is 0 Å². The van der Waals surface area contributed by atoms with Crippen LogP contribution in [0.3, 0.4) is 0 Å². The van der Waals surface area contributed by atoms with Crippen molar-refractivity contribution in [1.29, 1.82) is 0 Å². The first-order chi connectivity index (χ1) is 4.83. The standard InChI is InChI=1S/C7H10N2O/c1-6-2-7(5-10-8)4-9-3-6/h2-4H,5,8H2,1H3. The number of nitrogens with two attached hydrogens (primary N) is 1. The molecule has 1 heterocycles. The van der Waals surface area contributed by atoms with Crippen LogP contribution in [0.25, 0.3) is 0 Å². The molecule has 0 saturated heterocycles. The summed E-state index contributed by atoms with van der Waals surface area (Å²) in [6, 6.07) is 1.99. The minimum atomic E-state index is 0.425. The van der Waals surface area contributed by atoms with Crippen LogP contribution in [-0.4, -0.2) is 4.98 Å². The highest BCUT2D eigenvalue weighted by Crippen LogP contribution is 2.00. The molecule has 0 amide bonds. The van der Waals surface area contributed by atoms with Gasteiger partial charge in [0, 0.05) is 12.4 Å². The van der Waals surface area contributed by atoms with E-state index >= 15 is 0 Å². The van der Waals surface area contributed by atoms with Crippen molar-refractivity contribution < 1.29 is 4.84 Å². The number of hydrogen-bond acceptors (Lipinski definition) is 3. The van der Waals surface area contributed by atoms with Crippen LogP contribution < -0.4 is 5.90 Å². The van der Waals surface area contributed by atoms with Crippen molar-refractivity contribution in [3.8, 4) is 0 Å². The van der Waals surface area contributed by atoms with E-state index in [2.05, 4.69) is 9.82 Å². The van der Waals surface area contributed by atoms with E-state index in [1.54, 1.807) is 12.4 Å². The number of hydrogen-bond donors (Lipinski definition) is 1. The molecule has 10 heavy (non-hydrogen) atoms. The van der Waals surface area contributed by atoms with E-state index in [0.29, 0.717) is 6.61 Å². The summed E-state index contributed by atoms with van der Waals surface area (Å²) >= 11 is 0. The zero-order valence-corrected chi connectivity index (χ0v) is 5.87. The Kier molecular flexibility index (Phi) is 2.36. The Hall–Kier alpha value is -0.930. The molecule has 0 fully saturated rings. The molecule has 0 aromatic carbocycles. The van der Waals surface area contributed by atoms with Crippen LogP contribution >= 0.6 is 0 Å². The van der Waals surface area contributed by atoms with Gasteiger partial charge in [-0.15, -0.1) is 0 Å². The molecule has 1 aromatic heterocycles. The summed E-state index contributed by atoms with van der Waals surface area (Å²) in [5.74, 6) is 4.88. The predicted octanol–water partition coefficient (Wildman–Crippen LogP) is 0.780. The smallest absolute Gasteiger partial charge is 0.0945 e. The van der Waals surface area contributed by atoms with Gasteiger partial charge in [0.25, 0.3) is 0 Å². The molecule has 0 aliphatic heterocycles. The molecule has 3 nitrogen and oxygen atoms in total. The number of aryl methyl sites for hydroxylation is 1. The summed E-state index contributed by atoms with van der Waals surface area (Å²) in [5.41, 5.74) is 2.12. The van der Waals surface area contributed by atoms with Crippen molar-refractivity contribution in [3.63, 3.8) is 0 Å². The van der Waals surface area contributed by atoms with Crippen LogP contribution in [0.2, 0.25) is 0 Å². The highest BCUT2D eigenvalue weighted by atomic mass is 16.6. The topological polar surface area (TPSA) is 48.1 Å². The monoisotopic (exact) mass is 138 g/mol. The van der Waals surface area contributed by atoms with Crippen molar-refractivity contribution in [1.82, 2.24) is 4.98 Å². The van der Waals surface area contributed by atoms with E-state index in [1.165, 1.54) is 0 Å². The van der Waals surface area contributed by atoms with Crippen LogP contribution in [0.1, 0.15) is 11.1 Å². The van der Waals surface area contributed by atoms with Gasteiger partial charge in [0.1, 0.15) is 0 Å². The number of rotatable bonds is 2. The lowest BCUT2D eigenvalue weighted by Gasteiger charge is -1.97. The van der Waals surface area contributed by atoms with Gasteiger partial charge in [-0.2, -0.15) is 0 Å². The van der Waals surface area contributed by atoms with E-state index in [0.717, 1.165) is 11.1 Å². The van der Waals surface area contributed by atoms with E-state index in [1.807, 2.05) is 13.0 Å². The Balaban J connectivity index is 2.75. The third-order valence-corrected chi connectivity index (χ3v) is 1.18. The molecule has 3 heteroatoms. The third kappa shape index (κ3) is 1.79. The minimum Gasteiger partial charge on any atom is -0.300 e. The molecule has 0 spiro atoms. The first-order valence-corrected chi connectivity index (χ1v) is 3.05. The Morgan fingerprint density at radius 1 is 1.60 bits per heavy atom. The average molecular weight is 138 g/mol. The van der Waals surface area contributed by atoms with Gasteiger partial charge in [-0.3, -0.25) is 9.82 Å². The van der Waals surface area contributed by atoms with Gasteiger partial charge in [-0.05, 0) is 18.1 Å². The fraction of sp³-hybridized carbons (Fsp3) is 0.286. The van der Waals surface area contributed by atoms with Gasteiger partial charge in [0.05, 0.1) is 6.61 Å². The maximum absolute atomic E-state index is 4.88. The molecule has 0 unspecified atom stereocenters. The second kappa shape index (κ2) is 3.29. The van der Waals surface area contributed by atoms with Gasteiger partial charge in [-0.25, -0.2) is 5.90 Å². The van der Waals surface area contributed by atoms with Crippen molar-refractivity contribution in [2.75, 3.05) is 0 Å². The largest absolute Gasteiger partial charge is 0.300 e. The molecule has 1 aromatic rings. The second-order valence-electron chi connectivity index (χ2n) is 2.18. The molecule has 0 radical (unpaired) electrons. The van der Waals surface area contributed by atoms with Crippen LogP contribution in [0.15, 0.2) is 18.5 Å². The van der Waals surface area contributed by atoms with Gasteiger partial charge < -0.3 is 0 Å². The average Bonchev–Trinajstić information content (AvgIpc) is 1.88. The summed E-state index contributed by atoms with van der Waals surface area (Å²) in [7, 11) is 0. The number of aromatic nitrogens is 1. The lowest BCUT2D eigenvalue weighted by molar-refractivity contribution is 0.124. The first-order valence-electron chi connectivity index (χ1n) is 3.05. The number of pyridine rings is 1. The van der Waals surface area contributed by atoms with Gasteiger partial charge in [0.2, 0.25) is 0 Å². The maximum atomic E-state index is 4.88.